The van der Waals surface area contributed by atoms with Crippen LogP contribution in [0.1, 0.15) is 6.92 Å². The highest BCUT2D eigenvalue weighted by molar-refractivity contribution is 5.72. The zero-order chi connectivity index (χ0) is 6.41. The number of rotatable bonds is 2. The lowest BCUT2D eigenvalue weighted by atomic mass is 10.7. The number of amides is 1. The second-order valence-corrected chi connectivity index (χ2v) is 1.14. The molecule has 0 spiro atoms. The van der Waals surface area contributed by atoms with Gasteiger partial charge in [-0.25, -0.2) is 4.79 Å². The molecule has 0 aliphatic rings. The third-order valence-corrected chi connectivity index (χ3v) is 0.472. The molecule has 0 unspecified atom stereocenters. The van der Waals surface area contributed by atoms with Crippen molar-refractivity contribution in [1.29, 1.82) is 0 Å². The van der Waals surface area contributed by atoms with E-state index >= 15 is 0 Å². The van der Waals surface area contributed by atoms with Crippen LogP contribution in [0.2, 0.25) is 0 Å². The minimum absolute atomic E-state index is 0.0266. The summed E-state index contributed by atoms with van der Waals surface area (Å²) < 4.78 is 0. The van der Waals surface area contributed by atoms with Gasteiger partial charge >= 0.3 is 0 Å². The van der Waals surface area contributed by atoms with Crippen LogP contribution in [-0.2, 0) is 9.59 Å². The van der Waals surface area contributed by atoms with Crippen LogP contribution in [-0.4, -0.2) is 18.7 Å². The predicted molar refractivity (Wildman–Crippen MR) is 26.8 cm³/mol. The summed E-state index contributed by atoms with van der Waals surface area (Å²) in [5, 5.41) is 2.28. The first-order chi connectivity index (χ1) is 3.77. The van der Waals surface area contributed by atoms with Gasteiger partial charge in [0.25, 0.3) is 0 Å². The van der Waals surface area contributed by atoms with Gasteiger partial charge in [0, 0.05) is 6.92 Å². The van der Waals surface area contributed by atoms with Crippen molar-refractivity contribution < 1.29 is 9.59 Å². The number of hydrogen-bond acceptors (Lipinski definition) is 3. The normalized spacial score (nSPS) is 7.12. The number of isocyanates is 1. The van der Waals surface area contributed by atoms with E-state index in [0.29, 0.717) is 0 Å². The van der Waals surface area contributed by atoms with Crippen LogP contribution in [0.25, 0.3) is 0 Å². The Morgan fingerprint density at radius 2 is 2.50 bits per heavy atom. The summed E-state index contributed by atoms with van der Waals surface area (Å²) in [6.45, 7) is 1.37. The molecule has 0 aromatic carbocycles. The summed E-state index contributed by atoms with van der Waals surface area (Å²) in [6, 6.07) is 0. The van der Waals surface area contributed by atoms with Crippen molar-refractivity contribution in [2.24, 2.45) is 4.99 Å². The van der Waals surface area contributed by atoms with E-state index in [4.69, 9.17) is 0 Å². The standard InChI is InChI=1S/C4H6N2O2/c1-4(8)6-2-5-3-7/h2H2,1H3,(H,6,8). The molecule has 0 atom stereocenters. The lowest BCUT2D eigenvalue weighted by Gasteiger charge is -1.89. The zero-order valence-electron chi connectivity index (χ0n) is 4.47. The van der Waals surface area contributed by atoms with E-state index in [1.54, 1.807) is 0 Å². The van der Waals surface area contributed by atoms with E-state index < -0.39 is 0 Å². The van der Waals surface area contributed by atoms with Gasteiger partial charge in [0.1, 0.15) is 6.67 Å². The van der Waals surface area contributed by atoms with E-state index in [1.165, 1.54) is 13.0 Å². The molecular formula is C4H6N2O2. The molecule has 0 fully saturated rings. The van der Waals surface area contributed by atoms with Crippen LogP contribution in [0, 0.1) is 0 Å². The highest BCUT2D eigenvalue weighted by Crippen LogP contribution is 1.59. The molecule has 0 radical (unpaired) electrons. The van der Waals surface area contributed by atoms with Gasteiger partial charge in [0.15, 0.2) is 0 Å². The lowest BCUT2D eigenvalue weighted by Crippen LogP contribution is -2.19. The van der Waals surface area contributed by atoms with Crippen LogP contribution in [0.3, 0.4) is 0 Å². The van der Waals surface area contributed by atoms with Crippen molar-refractivity contribution in [3.05, 3.63) is 0 Å². The summed E-state index contributed by atoms with van der Waals surface area (Å²) >= 11 is 0. The Bertz CT molecular complexity index is 124. The fourth-order valence-corrected chi connectivity index (χ4v) is 0.183. The van der Waals surface area contributed by atoms with Crippen molar-refractivity contribution in [2.75, 3.05) is 6.67 Å². The van der Waals surface area contributed by atoms with Crippen LogP contribution >= 0.6 is 0 Å². The molecule has 1 amide bonds. The largest absolute Gasteiger partial charge is 0.336 e. The Labute approximate surface area is 46.6 Å². The van der Waals surface area contributed by atoms with Gasteiger partial charge < -0.3 is 5.32 Å². The van der Waals surface area contributed by atoms with Crippen molar-refractivity contribution in [1.82, 2.24) is 5.32 Å². The molecule has 0 rings (SSSR count). The van der Waals surface area contributed by atoms with Gasteiger partial charge in [-0.1, -0.05) is 0 Å². The molecule has 8 heavy (non-hydrogen) atoms. The Kier molecular flexibility index (Phi) is 3.44. The van der Waals surface area contributed by atoms with E-state index in [-0.39, 0.29) is 12.6 Å². The number of nitrogens with one attached hydrogen (secondary N) is 1. The molecule has 4 nitrogen and oxygen atoms in total. The second-order valence-electron chi connectivity index (χ2n) is 1.14. The van der Waals surface area contributed by atoms with E-state index in [0.717, 1.165) is 0 Å². The van der Waals surface area contributed by atoms with E-state index in [2.05, 4.69) is 10.3 Å². The van der Waals surface area contributed by atoms with Crippen molar-refractivity contribution >= 4 is 12.0 Å². The molecule has 4 heteroatoms. The molecule has 0 saturated heterocycles. The number of carbonyl (C=O) groups excluding carboxylic acids is 2. The molecule has 44 valence electrons. The molecule has 1 N–H and O–H groups in total. The molecule has 0 aliphatic carbocycles. The zero-order valence-corrected chi connectivity index (χ0v) is 4.47. The predicted octanol–water partition coefficient (Wildman–Crippen LogP) is -0.584. The highest BCUT2D eigenvalue weighted by Gasteiger charge is 1.82. The van der Waals surface area contributed by atoms with Gasteiger partial charge in [0.2, 0.25) is 12.0 Å². The van der Waals surface area contributed by atoms with E-state index in [1.807, 2.05) is 0 Å². The first kappa shape index (κ1) is 6.85. The maximum atomic E-state index is 10.0. The van der Waals surface area contributed by atoms with Gasteiger partial charge in [0.05, 0.1) is 0 Å². The average Bonchev–Trinajstić information content (AvgIpc) is 1.66. The van der Waals surface area contributed by atoms with Crippen molar-refractivity contribution in [3.8, 4) is 0 Å². The first-order valence-corrected chi connectivity index (χ1v) is 2.05. The maximum Gasteiger partial charge on any atom is 0.236 e. The Hall–Kier alpha value is -1.15. The number of carbonyl (C=O) groups is 1. The van der Waals surface area contributed by atoms with Crippen molar-refractivity contribution in [3.63, 3.8) is 0 Å². The molecular weight excluding hydrogens is 108 g/mol. The lowest BCUT2D eigenvalue weighted by molar-refractivity contribution is -0.118. The van der Waals surface area contributed by atoms with E-state index in [9.17, 15) is 9.59 Å². The smallest absolute Gasteiger partial charge is 0.236 e. The summed E-state index contributed by atoms with van der Waals surface area (Å²) in [6.07, 6.45) is 1.28. The Morgan fingerprint density at radius 3 is 2.88 bits per heavy atom. The second kappa shape index (κ2) is 4.02. The van der Waals surface area contributed by atoms with Crippen molar-refractivity contribution in [2.45, 2.75) is 6.92 Å². The van der Waals surface area contributed by atoms with Crippen LogP contribution in [0.15, 0.2) is 4.99 Å². The summed E-state index contributed by atoms with van der Waals surface area (Å²) in [7, 11) is 0. The SMILES string of the molecule is CC(=O)NCN=C=O. The third-order valence-electron chi connectivity index (χ3n) is 0.472. The molecule has 0 aliphatic heterocycles. The fraction of sp³-hybridized carbons (Fsp3) is 0.500. The Balaban J connectivity index is 3.18. The minimum atomic E-state index is -0.205. The maximum absolute atomic E-state index is 10.0. The number of hydrogen-bond donors (Lipinski definition) is 1. The molecule has 0 saturated carbocycles. The first-order valence-electron chi connectivity index (χ1n) is 2.05. The minimum Gasteiger partial charge on any atom is -0.336 e. The highest BCUT2D eigenvalue weighted by atomic mass is 16.1. The summed E-state index contributed by atoms with van der Waals surface area (Å²) in [5.74, 6) is -0.205. The van der Waals surface area contributed by atoms with Crippen LogP contribution in [0.5, 0.6) is 0 Å². The fourth-order valence-electron chi connectivity index (χ4n) is 0.183. The summed E-state index contributed by atoms with van der Waals surface area (Å²) in [5.41, 5.74) is 0. The molecule has 0 aromatic rings. The number of aliphatic imine (C=N–C) groups is 1. The molecule has 0 heterocycles. The monoisotopic (exact) mass is 114 g/mol. The quantitative estimate of drug-likeness (QED) is 0.385. The van der Waals surface area contributed by atoms with Gasteiger partial charge in [-0.2, -0.15) is 4.99 Å². The van der Waals surface area contributed by atoms with Gasteiger partial charge in [-0.05, 0) is 0 Å². The topological polar surface area (TPSA) is 58.5 Å². The average molecular weight is 114 g/mol. The van der Waals surface area contributed by atoms with Crippen LogP contribution < -0.4 is 5.32 Å². The summed E-state index contributed by atoms with van der Waals surface area (Å²) in [4.78, 5) is 22.4. The molecule has 0 aromatic heterocycles. The van der Waals surface area contributed by atoms with Gasteiger partial charge in [-0.3, -0.25) is 4.79 Å². The van der Waals surface area contributed by atoms with Crippen LogP contribution in [0.4, 0.5) is 0 Å². The third kappa shape index (κ3) is 4.85. The van der Waals surface area contributed by atoms with Gasteiger partial charge in [-0.15, -0.1) is 0 Å². The Morgan fingerprint density at radius 1 is 1.88 bits per heavy atom. The molecule has 0 bridgehead atoms. The number of nitrogens with zero attached hydrogens (tertiary/aromatic N) is 1.